The summed E-state index contributed by atoms with van der Waals surface area (Å²) in [5.41, 5.74) is 0. The molecule has 23 heavy (non-hydrogen) atoms. The van der Waals surface area contributed by atoms with Crippen LogP contribution in [0.25, 0.3) is 0 Å². The standard InChI is InChI=1S/C19H40OS3/c1-21(2)11-7-9-16(13-21)17-14-22(3,4)15-18(20-17)19-10-8-12-23(19,5)6/h16-19H,7-15H2,1-6H3. The van der Waals surface area contributed by atoms with Crippen molar-refractivity contribution in [1.82, 2.24) is 0 Å². The largest absolute Gasteiger partial charge is 0.372 e. The summed E-state index contributed by atoms with van der Waals surface area (Å²) < 4.78 is 6.93. The van der Waals surface area contributed by atoms with Gasteiger partial charge in [-0.15, -0.1) is 0 Å². The molecule has 0 aromatic carbocycles. The van der Waals surface area contributed by atoms with Crippen LogP contribution in [0, 0.1) is 5.92 Å². The summed E-state index contributed by atoms with van der Waals surface area (Å²) in [6, 6.07) is 0. The molecule has 140 valence electrons. The highest BCUT2D eigenvalue weighted by Gasteiger charge is 2.44. The monoisotopic (exact) mass is 380 g/mol. The van der Waals surface area contributed by atoms with Crippen molar-refractivity contribution in [2.24, 2.45) is 5.92 Å². The Bertz CT molecular complexity index is 432. The number of rotatable bonds is 2. The fourth-order valence-electron chi connectivity index (χ4n) is 5.20. The third-order valence-electron chi connectivity index (χ3n) is 6.44. The molecule has 1 nitrogen and oxygen atoms in total. The first kappa shape index (κ1) is 18.8. The highest BCUT2D eigenvalue weighted by Crippen LogP contribution is 2.59. The smallest absolute Gasteiger partial charge is 0.0758 e. The van der Waals surface area contributed by atoms with E-state index in [-0.39, 0.29) is 10.0 Å². The Morgan fingerprint density at radius 2 is 1.35 bits per heavy atom. The van der Waals surface area contributed by atoms with E-state index in [0.717, 1.165) is 11.2 Å². The van der Waals surface area contributed by atoms with Crippen LogP contribution in [-0.4, -0.2) is 83.8 Å². The lowest BCUT2D eigenvalue weighted by molar-refractivity contribution is -0.0242. The first-order valence-electron chi connectivity index (χ1n) is 9.31. The van der Waals surface area contributed by atoms with Gasteiger partial charge in [-0.3, -0.25) is 0 Å². The second-order valence-electron chi connectivity index (χ2n) is 9.86. The molecule has 0 amide bonds. The number of hydrogen-bond donors (Lipinski definition) is 0. The second-order valence-corrected chi connectivity index (χ2v) is 22.6. The molecule has 4 heteroatoms. The van der Waals surface area contributed by atoms with Gasteiger partial charge in [-0.1, -0.05) is 0 Å². The van der Waals surface area contributed by atoms with Gasteiger partial charge in [0.15, 0.2) is 0 Å². The van der Waals surface area contributed by atoms with Crippen molar-refractivity contribution in [3.8, 4) is 0 Å². The Balaban J connectivity index is 1.74. The highest BCUT2D eigenvalue weighted by atomic mass is 32.3. The van der Waals surface area contributed by atoms with Crippen LogP contribution in [0.15, 0.2) is 0 Å². The van der Waals surface area contributed by atoms with Gasteiger partial charge in [0.05, 0.1) is 12.2 Å². The molecule has 3 fully saturated rings. The molecule has 0 aromatic heterocycles. The Labute approximate surface area is 150 Å². The Hall–Kier alpha value is 1.01. The zero-order valence-corrected chi connectivity index (χ0v) is 18.8. The van der Waals surface area contributed by atoms with Gasteiger partial charge in [0, 0.05) is 16.8 Å². The van der Waals surface area contributed by atoms with Gasteiger partial charge < -0.3 is 4.74 Å². The lowest BCUT2D eigenvalue weighted by atomic mass is 9.99. The van der Waals surface area contributed by atoms with Gasteiger partial charge in [-0.25, -0.2) is 30.1 Å². The summed E-state index contributed by atoms with van der Waals surface area (Å²) >= 11 is 0. The van der Waals surface area contributed by atoms with Crippen molar-refractivity contribution in [2.75, 3.05) is 66.3 Å². The maximum Gasteiger partial charge on any atom is 0.0758 e. The van der Waals surface area contributed by atoms with Gasteiger partial charge in [0.1, 0.15) is 0 Å². The van der Waals surface area contributed by atoms with Gasteiger partial charge in [-0.05, 0) is 86.4 Å². The van der Waals surface area contributed by atoms with Crippen LogP contribution in [0.3, 0.4) is 0 Å². The van der Waals surface area contributed by atoms with E-state index in [0.29, 0.717) is 12.2 Å². The molecule has 0 aliphatic carbocycles. The molecule has 4 atom stereocenters. The van der Waals surface area contributed by atoms with Crippen LogP contribution < -0.4 is 0 Å². The summed E-state index contributed by atoms with van der Waals surface area (Å²) in [7, 11) is -1.22. The molecule has 0 radical (unpaired) electrons. The summed E-state index contributed by atoms with van der Waals surface area (Å²) in [5, 5.41) is 0.890. The van der Waals surface area contributed by atoms with E-state index in [4.69, 9.17) is 4.74 Å². The first-order valence-corrected chi connectivity index (χ1v) is 17.6. The molecule has 0 N–H and O–H groups in total. The van der Waals surface area contributed by atoms with E-state index in [1.165, 1.54) is 54.4 Å². The summed E-state index contributed by atoms with van der Waals surface area (Å²) in [4.78, 5) is 0. The fraction of sp³-hybridized carbons (Fsp3) is 1.00. The summed E-state index contributed by atoms with van der Waals surface area (Å²) in [6.07, 6.45) is 22.4. The topological polar surface area (TPSA) is 9.23 Å². The molecule has 0 aromatic rings. The van der Waals surface area contributed by atoms with Crippen LogP contribution in [0.2, 0.25) is 0 Å². The lowest BCUT2D eigenvalue weighted by Gasteiger charge is -2.53. The van der Waals surface area contributed by atoms with Crippen molar-refractivity contribution in [3.05, 3.63) is 0 Å². The Morgan fingerprint density at radius 3 is 1.96 bits per heavy atom. The van der Waals surface area contributed by atoms with Crippen molar-refractivity contribution in [3.63, 3.8) is 0 Å². The maximum absolute atomic E-state index is 6.93. The minimum absolute atomic E-state index is 0.343. The molecule has 0 spiro atoms. The molecule has 3 heterocycles. The normalized spacial score (nSPS) is 46.7. The molecular weight excluding hydrogens is 340 g/mol. The van der Waals surface area contributed by atoms with Crippen LogP contribution in [0.4, 0.5) is 0 Å². The van der Waals surface area contributed by atoms with Crippen molar-refractivity contribution in [1.29, 1.82) is 0 Å². The molecule has 3 aliphatic rings. The summed E-state index contributed by atoms with van der Waals surface area (Å²) in [5.74, 6) is 8.08. The molecule has 4 unspecified atom stereocenters. The Kier molecular flexibility index (Phi) is 5.41. The van der Waals surface area contributed by atoms with E-state index < -0.39 is 20.1 Å². The SMILES string of the molecule is CS1(C)CCCC(C2CS(C)(C)CC(C3CCCS3(C)C)O2)C1. The van der Waals surface area contributed by atoms with Crippen LogP contribution in [0.1, 0.15) is 25.7 Å². The molecule has 0 bridgehead atoms. The van der Waals surface area contributed by atoms with Crippen molar-refractivity contribution < 1.29 is 4.74 Å². The maximum atomic E-state index is 6.93. The minimum atomic E-state index is -0.458. The first-order chi connectivity index (χ1) is 10.6. The lowest BCUT2D eigenvalue weighted by Crippen LogP contribution is -2.48. The van der Waals surface area contributed by atoms with E-state index in [2.05, 4.69) is 37.5 Å². The van der Waals surface area contributed by atoms with E-state index in [1.807, 2.05) is 0 Å². The second kappa shape index (κ2) is 6.63. The minimum Gasteiger partial charge on any atom is -0.372 e. The van der Waals surface area contributed by atoms with E-state index >= 15 is 0 Å². The quantitative estimate of drug-likeness (QED) is 0.684. The Morgan fingerprint density at radius 1 is 0.696 bits per heavy atom. The number of ether oxygens (including phenoxy) is 1. The molecule has 3 rings (SSSR count). The van der Waals surface area contributed by atoms with E-state index in [9.17, 15) is 0 Å². The van der Waals surface area contributed by atoms with E-state index in [1.54, 1.807) is 0 Å². The van der Waals surface area contributed by atoms with Gasteiger partial charge in [0.25, 0.3) is 0 Å². The highest BCUT2D eigenvalue weighted by molar-refractivity contribution is 8.34. The van der Waals surface area contributed by atoms with Gasteiger partial charge >= 0.3 is 0 Å². The predicted molar refractivity (Wildman–Crippen MR) is 117 cm³/mol. The van der Waals surface area contributed by atoms with Crippen molar-refractivity contribution >= 4 is 30.1 Å². The van der Waals surface area contributed by atoms with Gasteiger partial charge in [-0.2, -0.15) is 0 Å². The van der Waals surface area contributed by atoms with Crippen LogP contribution in [0.5, 0.6) is 0 Å². The third-order valence-corrected chi connectivity index (χ3v) is 15.1. The average Bonchev–Trinajstić information content (AvgIpc) is 2.75. The third kappa shape index (κ3) is 4.41. The molecule has 3 aliphatic heterocycles. The van der Waals surface area contributed by atoms with Gasteiger partial charge in [0.2, 0.25) is 0 Å². The zero-order valence-electron chi connectivity index (χ0n) is 16.3. The number of hydrogen-bond acceptors (Lipinski definition) is 1. The molecule has 3 saturated heterocycles. The fourth-order valence-corrected chi connectivity index (χ4v) is 13.6. The molecule has 0 saturated carbocycles. The average molecular weight is 381 g/mol. The summed E-state index contributed by atoms with van der Waals surface area (Å²) in [6.45, 7) is 0. The zero-order chi connectivity index (χ0) is 16.9. The predicted octanol–water partition coefficient (Wildman–Crippen LogP) is 4.52. The van der Waals surface area contributed by atoms with Crippen molar-refractivity contribution in [2.45, 2.75) is 43.1 Å². The van der Waals surface area contributed by atoms with Crippen LogP contribution in [-0.2, 0) is 4.74 Å². The van der Waals surface area contributed by atoms with Crippen LogP contribution >= 0.6 is 30.1 Å². The molecular formula is C19H40OS3.